The summed E-state index contributed by atoms with van der Waals surface area (Å²) in [6, 6.07) is 2.79. The molecular weight excluding hydrogens is 374 g/mol. The zero-order valence-corrected chi connectivity index (χ0v) is 15.6. The molecule has 0 aromatic heterocycles. The molecule has 0 aliphatic carbocycles. The summed E-state index contributed by atoms with van der Waals surface area (Å²) in [4.78, 5) is 34.8. The highest BCUT2D eigenvalue weighted by molar-refractivity contribution is 7.89. The lowest BCUT2D eigenvalue weighted by Crippen LogP contribution is -2.43. The van der Waals surface area contributed by atoms with Crippen LogP contribution in [0.3, 0.4) is 0 Å². The molecule has 0 fully saturated rings. The molecule has 0 bridgehead atoms. The van der Waals surface area contributed by atoms with Crippen molar-refractivity contribution in [2.75, 3.05) is 21.1 Å². The third-order valence-electron chi connectivity index (χ3n) is 3.05. The molecule has 1 aromatic carbocycles. The summed E-state index contributed by atoms with van der Waals surface area (Å²) < 4.78 is 30.2. The summed E-state index contributed by atoms with van der Waals surface area (Å²) in [5.74, 6) is -1.85. The molecule has 138 valence electrons. The summed E-state index contributed by atoms with van der Waals surface area (Å²) in [5, 5.41) is 4.09. The standard InChI is InChI=1S/C14H18ClN3O6S/c1-8(12(19)17-14(21)16-2)24-13(20)10-7-9(5-6-11(10)15)25(22,23)18(3)4/h5-8H,1-4H3,(H2,16,17,19,21)/t8-/m1/s1. The first-order chi connectivity index (χ1) is 11.5. The Bertz CT molecular complexity index is 794. The fraction of sp³-hybridized carbons (Fsp3) is 0.357. The number of hydrogen-bond acceptors (Lipinski definition) is 6. The van der Waals surface area contributed by atoms with Gasteiger partial charge in [0, 0.05) is 21.1 Å². The van der Waals surface area contributed by atoms with Crippen LogP contribution in [0.25, 0.3) is 0 Å². The third kappa shape index (κ3) is 5.15. The second kappa shape index (κ2) is 8.28. The van der Waals surface area contributed by atoms with E-state index in [2.05, 4.69) is 5.32 Å². The molecule has 1 aromatic rings. The van der Waals surface area contributed by atoms with Crippen LogP contribution >= 0.6 is 11.6 Å². The van der Waals surface area contributed by atoms with E-state index in [9.17, 15) is 22.8 Å². The van der Waals surface area contributed by atoms with Gasteiger partial charge in [-0.2, -0.15) is 0 Å². The van der Waals surface area contributed by atoms with Gasteiger partial charge in [0.2, 0.25) is 10.0 Å². The van der Waals surface area contributed by atoms with Crippen molar-refractivity contribution < 1.29 is 27.5 Å². The first-order valence-corrected chi connectivity index (χ1v) is 8.78. The van der Waals surface area contributed by atoms with Gasteiger partial charge in [0.15, 0.2) is 6.10 Å². The number of benzene rings is 1. The summed E-state index contributed by atoms with van der Waals surface area (Å²) in [5.41, 5.74) is -0.218. The van der Waals surface area contributed by atoms with Crippen LogP contribution in [0.1, 0.15) is 17.3 Å². The molecule has 1 rings (SSSR count). The molecule has 0 radical (unpaired) electrons. The molecule has 0 saturated carbocycles. The van der Waals surface area contributed by atoms with E-state index in [-0.39, 0.29) is 15.5 Å². The van der Waals surface area contributed by atoms with E-state index >= 15 is 0 Å². The van der Waals surface area contributed by atoms with Crippen LogP contribution in [0.4, 0.5) is 4.79 Å². The van der Waals surface area contributed by atoms with Gasteiger partial charge in [0.05, 0.1) is 15.5 Å². The van der Waals surface area contributed by atoms with E-state index < -0.39 is 34.0 Å². The summed E-state index contributed by atoms with van der Waals surface area (Å²) in [6.07, 6.45) is -1.30. The maximum absolute atomic E-state index is 12.2. The number of nitrogens with one attached hydrogen (secondary N) is 2. The van der Waals surface area contributed by atoms with Gasteiger partial charge < -0.3 is 10.1 Å². The normalized spacial score (nSPS) is 12.4. The van der Waals surface area contributed by atoms with E-state index in [1.807, 2.05) is 5.32 Å². The SMILES string of the molecule is CNC(=O)NC(=O)[C@@H](C)OC(=O)c1cc(S(=O)(=O)N(C)C)ccc1Cl. The molecule has 0 unspecified atom stereocenters. The van der Waals surface area contributed by atoms with Crippen molar-refractivity contribution in [1.82, 2.24) is 14.9 Å². The number of carbonyl (C=O) groups excluding carboxylic acids is 3. The number of amides is 3. The number of esters is 1. The van der Waals surface area contributed by atoms with Gasteiger partial charge >= 0.3 is 12.0 Å². The molecule has 11 heteroatoms. The average molecular weight is 392 g/mol. The number of hydrogen-bond donors (Lipinski definition) is 2. The van der Waals surface area contributed by atoms with Gasteiger partial charge in [-0.1, -0.05) is 11.6 Å². The number of nitrogens with zero attached hydrogens (tertiary/aromatic N) is 1. The number of carbonyl (C=O) groups is 3. The zero-order chi connectivity index (χ0) is 19.4. The van der Waals surface area contributed by atoms with E-state index in [1.165, 1.54) is 40.2 Å². The predicted molar refractivity (Wildman–Crippen MR) is 89.8 cm³/mol. The smallest absolute Gasteiger partial charge is 0.340 e. The third-order valence-corrected chi connectivity index (χ3v) is 5.19. The molecule has 0 aliphatic rings. The average Bonchev–Trinajstić information content (AvgIpc) is 2.54. The van der Waals surface area contributed by atoms with Gasteiger partial charge in [-0.05, 0) is 25.1 Å². The Kier molecular flexibility index (Phi) is 6.91. The Labute approximate surface area is 150 Å². The lowest BCUT2D eigenvalue weighted by molar-refractivity contribution is -0.127. The van der Waals surface area contributed by atoms with Crippen molar-refractivity contribution >= 4 is 39.5 Å². The Morgan fingerprint density at radius 2 is 1.84 bits per heavy atom. The van der Waals surface area contributed by atoms with Crippen LogP contribution in [0.2, 0.25) is 5.02 Å². The first kappa shape index (κ1) is 20.9. The fourth-order valence-electron chi connectivity index (χ4n) is 1.59. The Balaban J connectivity index is 3.02. The van der Waals surface area contributed by atoms with Crippen LogP contribution in [0.15, 0.2) is 23.1 Å². The summed E-state index contributed by atoms with van der Waals surface area (Å²) in [6.45, 7) is 1.25. The second-order valence-corrected chi connectivity index (χ2v) is 7.60. The minimum atomic E-state index is -3.78. The van der Waals surface area contributed by atoms with Crippen LogP contribution in [0.5, 0.6) is 0 Å². The van der Waals surface area contributed by atoms with Gasteiger partial charge in [0.25, 0.3) is 5.91 Å². The molecule has 3 amide bonds. The first-order valence-electron chi connectivity index (χ1n) is 6.96. The van der Waals surface area contributed by atoms with Gasteiger partial charge in [0.1, 0.15) is 0 Å². The molecule has 0 heterocycles. The molecule has 1 atom stereocenters. The fourth-order valence-corrected chi connectivity index (χ4v) is 2.71. The van der Waals surface area contributed by atoms with Crippen LogP contribution in [-0.4, -0.2) is 57.9 Å². The number of halogens is 1. The number of imide groups is 1. The lowest BCUT2D eigenvalue weighted by Gasteiger charge is -2.15. The monoisotopic (exact) mass is 391 g/mol. The quantitative estimate of drug-likeness (QED) is 0.708. The Morgan fingerprint density at radius 1 is 1.24 bits per heavy atom. The van der Waals surface area contributed by atoms with Crippen molar-refractivity contribution in [3.8, 4) is 0 Å². The highest BCUT2D eigenvalue weighted by Crippen LogP contribution is 2.23. The van der Waals surface area contributed by atoms with Gasteiger partial charge in [-0.25, -0.2) is 22.3 Å². The molecular formula is C14H18ClN3O6S. The van der Waals surface area contributed by atoms with E-state index in [4.69, 9.17) is 16.3 Å². The van der Waals surface area contributed by atoms with Gasteiger partial charge in [-0.15, -0.1) is 0 Å². The topological polar surface area (TPSA) is 122 Å². The van der Waals surface area contributed by atoms with Crippen molar-refractivity contribution in [2.24, 2.45) is 0 Å². The van der Waals surface area contributed by atoms with Crippen molar-refractivity contribution in [1.29, 1.82) is 0 Å². The Hall–Kier alpha value is -2.17. The number of sulfonamides is 1. The van der Waals surface area contributed by atoms with Crippen molar-refractivity contribution in [3.63, 3.8) is 0 Å². The van der Waals surface area contributed by atoms with Crippen LogP contribution < -0.4 is 10.6 Å². The summed E-state index contributed by atoms with van der Waals surface area (Å²) in [7, 11) is 0.217. The Morgan fingerprint density at radius 3 is 2.36 bits per heavy atom. The highest BCUT2D eigenvalue weighted by Gasteiger charge is 2.24. The maximum Gasteiger partial charge on any atom is 0.340 e. The predicted octanol–water partition coefficient (Wildman–Crippen LogP) is 0.591. The number of rotatable bonds is 5. The van der Waals surface area contributed by atoms with Crippen LogP contribution in [0, 0.1) is 0 Å². The van der Waals surface area contributed by atoms with Gasteiger partial charge in [-0.3, -0.25) is 10.1 Å². The largest absolute Gasteiger partial charge is 0.449 e. The molecule has 0 aliphatic heterocycles. The van der Waals surface area contributed by atoms with Crippen molar-refractivity contribution in [3.05, 3.63) is 28.8 Å². The minimum absolute atomic E-state index is 0.0402. The molecule has 0 saturated heterocycles. The van der Waals surface area contributed by atoms with E-state index in [1.54, 1.807) is 0 Å². The van der Waals surface area contributed by atoms with E-state index in [0.717, 1.165) is 10.4 Å². The molecule has 9 nitrogen and oxygen atoms in total. The highest BCUT2D eigenvalue weighted by atomic mass is 35.5. The molecule has 2 N–H and O–H groups in total. The van der Waals surface area contributed by atoms with Crippen molar-refractivity contribution in [2.45, 2.75) is 17.9 Å². The molecule has 25 heavy (non-hydrogen) atoms. The molecule has 0 spiro atoms. The summed E-state index contributed by atoms with van der Waals surface area (Å²) >= 11 is 5.92. The van der Waals surface area contributed by atoms with Crippen LogP contribution in [-0.2, 0) is 19.6 Å². The zero-order valence-electron chi connectivity index (χ0n) is 14.0. The lowest BCUT2D eigenvalue weighted by atomic mass is 10.2. The second-order valence-electron chi connectivity index (χ2n) is 5.04. The minimum Gasteiger partial charge on any atom is -0.449 e. The van der Waals surface area contributed by atoms with E-state index in [0.29, 0.717) is 0 Å². The number of urea groups is 1. The number of ether oxygens (including phenoxy) is 1. The maximum atomic E-state index is 12.2.